The Morgan fingerprint density at radius 1 is 1.16 bits per heavy atom. The number of aryl methyl sites for hydroxylation is 1. The van der Waals surface area contributed by atoms with Gasteiger partial charge < -0.3 is 21.3 Å². The SMILES string of the molecule is Cc1ccc(F)c2c1NC(C(=O)NC(C(=O)NCc1ccccc1)C1CCCCN1)C2. The first-order valence-electron chi connectivity index (χ1n) is 10.9. The van der Waals surface area contributed by atoms with Crippen LogP contribution in [0, 0.1) is 12.7 Å². The van der Waals surface area contributed by atoms with Gasteiger partial charge in [0, 0.05) is 30.3 Å². The van der Waals surface area contributed by atoms with Crippen molar-refractivity contribution in [3.63, 3.8) is 0 Å². The molecule has 0 radical (unpaired) electrons. The minimum Gasteiger partial charge on any atom is -0.373 e. The molecule has 7 heteroatoms. The third-order valence-electron chi connectivity index (χ3n) is 6.15. The fraction of sp³-hybridized carbons (Fsp3) is 0.417. The molecule has 2 aromatic rings. The summed E-state index contributed by atoms with van der Waals surface area (Å²) >= 11 is 0. The number of carbonyl (C=O) groups excluding carboxylic acids is 2. The molecule has 1 fully saturated rings. The molecule has 4 rings (SSSR count). The number of benzene rings is 2. The van der Waals surface area contributed by atoms with E-state index >= 15 is 0 Å². The molecule has 2 amide bonds. The molecule has 0 saturated carbocycles. The molecule has 4 N–H and O–H groups in total. The van der Waals surface area contributed by atoms with E-state index in [1.807, 2.05) is 37.3 Å². The van der Waals surface area contributed by atoms with Gasteiger partial charge in [0.05, 0.1) is 0 Å². The molecule has 2 heterocycles. The van der Waals surface area contributed by atoms with Crippen LogP contribution >= 0.6 is 0 Å². The maximum atomic E-state index is 14.2. The smallest absolute Gasteiger partial charge is 0.244 e. The van der Waals surface area contributed by atoms with Gasteiger partial charge in [0.2, 0.25) is 11.8 Å². The summed E-state index contributed by atoms with van der Waals surface area (Å²) in [5.74, 6) is -0.814. The van der Waals surface area contributed by atoms with E-state index in [0.717, 1.165) is 36.9 Å². The van der Waals surface area contributed by atoms with Crippen LogP contribution < -0.4 is 21.3 Å². The number of fused-ring (bicyclic) bond motifs is 1. The summed E-state index contributed by atoms with van der Waals surface area (Å²) in [6.07, 6.45) is 3.15. The molecule has 3 unspecified atom stereocenters. The van der Waals surface area contributed by atoms with Gasteiger partial charge in [0.1, 0.15) is 17.9 Å². The average molecular weight is 425 g/mol. The highest BCUT2D eigenvalue weighted by atomic mass is 19.1. The van der Waals surface area contributed by atoms with Crippen molar-refractivity contribution in [1.29, 1.82) is 0 Å². The molecule has 2 aliphatic heterocycles. The van der Waals surface area contributed by atoms with Crippen molar-refractivity contribution in [2.75, 3.05) is 11.9 Å². The highest BCUT2D eigenvalue weighted by Gasteiger charge is 2.35. The van der Waals surface area contributed by atoms with Gasteiger partial charge >= 0.3 is 0 Å². The van der Waals surface area contributed by atoms with E-state index in [4.69, 9.17) is 0 Å². The van der Waals surface area contributed by atoms with Gasteiger partial charge in [-0.2, -0.15) is 0 Å². The van der Waals surface area contributed by atoms with Crippen LogP contribution in [-0.4, -0.2) is 36.5 Å². The van der Waals surface area contributed by atoms with Crippen LogP contribution in [0.4, 0.5) is 10.1 Å². The number of carbonyl (C=O) groups is 2. The summed E-state index contributed by atoms with van der Waals surface area (Å²) in [6, 6.07) is 11.4. The van der Waals surface area contributed by atoms with Crippen LogP contribution in [0.3, 0.4) is 0 Å². The Morgan fingerprint density at radius 3 is 2.68 bits per heavy atom. The molecule has 0 aliphatic carbocycles. The molecular formula is C24H29FN4O2. The fourth-order valence-corrected chi connectivity index (χ4v) is 4.39. The van der Waals surface area contributed by atoms with Crippen molar-refractivity contribution in [2.24, 2.45) is 0 Å². The van der Waals surface area contributed by atoms with Gasteiger partial charge in [-0.25, -0.2) is 4.39 Å². The van der Waals surface area contributed by atoms with E-state index in [-0.39, 0.29) is 30.1 Å². The molecule has 0 bridgehead atoms. The molecular weight excluding hydrogens is 395 g/mol. The van der Waals surface area contributed by atoms with E-state index in [0.29, 0.717) is 17.8 Å². The van der Waals surface area contributed by atoms with Gasteiger partial charge in [-0.05, 0) is 43.5 Å². The number of rotatable bonds is 6. The first-order chi connectivity index (χ1) is 15.0. The molecule has 31 heavy (non-hydrogen) atoms. The lowest BCUT2D eigenvalue weighted by atomic mass is 9.96. The van der Waals surface area contributed by atoms with Crippen LogP contribution in [0.5, 0.6) is 0 Å². The molecule has 0 spiro atoms. The van der Waals surface area contributed by atoms with Crippen molar-refractivity contribution in [1.82, 2.24) is 16.0 Å². The Kier molecular flexibility index (Phi) is 6.51. The number of anilines is 1. The lowest BCUT2D eigenvalue weighted by Gasteiger charge is -2.31. The van der Waals surface area contributed by atoms with E-state index in [9.17, 15) is 14.0 Å². The maximum absolute atomic E-state index is 14.2. The largest absolute Gasteiger partial charge is 0.373 e. The zero-order chi connectivity index (χ0) is 21.8. The minimum atomic E-state index is -0.687. The van der Waals surface area contributed by atoms with Gasteiger partial charge in [0.25, 0.3) is 0 Å². The molecule has 6 nitrogen and oxygen atoms in total. The monoisotopic (exact) mass is 424 g/mol. The summed E-state index contributed by atoms with van der Waals surface area (Å²) in [5.41, 5.74) is 3.11. The fourth-order valence-electron chi connectivity index (χ4n) is 4.39. The lowest BCUT2D eigenvalue weighted by molar-refractivity contribution is -0.130. The first-order valence-corrected chi connectivity index (χ1v) is 10.9. The van der Waals surface area contributed by atoms with E-state index < -0.39 is 12.1 Å². The number of hydrogen-bond donors (Lipinski definition) is 4. The van der Waals surface area contributed by atoms with Crippen molar-refractivity contribution in [3.8, 4) is 0 Å². The Hall–Kier alpha value is -2.93. The Balaban J connectivity index is 1.44. The summed E-state index contributed by atoms with van der Waals surface area (Å²) < 4.78 is 14.2. The second kappa shape index (κ2) is 9.47. The summed E-state index contributed by atoms with van der Waals surface area (Å²) in [6.45, 7) is 3.11. The average Bonchev–Trinajstić information content (AvgIpc) is 3.27. The highest BCUT2D eigenvalue weighted by Crippen LogP contribution is 2.31. The number of halogens is 1. The molecule has 2 aromatic carbocycles. The highest BCUT2D eigenvalue weighted by molar-refractivity contribution is 5.93. The number of hydrogen-bond acceptors (Lipinski definition) is 4. The molecule has 1 saturated heterocycles. The van der Waals surface area contributed by atoms with Gasteiger partial charge in [-0.15, -0.1) is 0 Å². The summed E-state index contributed by atoms with van der Waals surface area (Å²) in [4.78, 5) is 26.1. The normalized spacial score (nSPS) is 21.0. The van der Waals surface area contributed by atoms with Crippen molar-refractivity contribution in [2.45, 2.75) is 57.3 Å². The lowest BCUT2D eigenvalue weighted by Crippen LogP contribution is -2.60. The van der Waals surface area contributed by atoms with Crippen LogP contribution in [-0.2, 0) is 22.6 Å². The predicted octanol–water partition coefficient (Wildman–Crippen LogP) is 2.41. The molecule has 0 aromatic heterocycles. The van der Waals surface area contributed by atoms with Crippen LogP contribution in [0.1, 0.15) is 36.0 Å². The van der Waals surface area contributed by atoms with Crippen LogP contribution in [0.15, 0.2) is 42.5 Å². The predicted molar refractivity (Wildman–Crippen MR) is 118 cm³/mol. The number of nitrogens with one attached hydrogen (secondary N) is 4. The standard InChI is InChI=1S/C24H29FN4O2/c1-15-10-11-18(25)17-13-20(28-21(15)17)23(30)29-22(19-9-5-6-12-26-19)24(31)27-14-16-7-3-2-4-8-16/h2-4,7-8,10-11,19-20,22,26,28H,5-6,9,12-14H2,1H3,(H,27,31)(H,29,30). The van der Waals surface area contributed by atoms with Gasteiger partial charge in [0.15, 0.2) is 0 Å². The quantitative estimate of drug-likeness (QED) is 0.574. The Labute approximate surface area is 182 Å². The summed E-state index contributed by atoms with van der Waals surface area (Å²) in [5, 5.41) is 12.4. The van der Waals surface area contributed by atoms with E-state index in [2.05, 4.69) is 21.3 Å². The second-order valence-electron chi connectivity index (χ2n) is 8.36. The first kappa shape index (κ1) is 21.3. The zero-order valence-corrected chi connectivity index (χ0v) is 17.7. The Morgan fingerprint density at radius 2 is 1.97 bits per heavy atom. The summed E-state index contributed by atoms with van der Waals surface area (Å²) in [7, 11) is 0. The molecule has 3 atom stereocenters. The topological polar surface area (TPSA) is 82.3 Å². The van der Waals surface area contributed by atoms with Crippen LogP contribution in [0.2, 0.25) is 0 Å². The minimum absolute atomic E-state index is 0.129. The third-order valence-corrected chi connectivity index (χ3v) is 6.15. The number of piperidine rings is 1. The zero-order valence-electron chi connectivity index (χ0n) is 17.7. The third kappa shape index (κ3) is 4.88. The maximum Gasteiger partial charge on any atom is 0.244 e. The van der Waals surface area contributed by atoms with E-state index in [1.54, 1.807) is 6.07 Å². The molecule has 164 valence electrons. The van der Waals surface area contributed by atoms with Gasteiger partial charge in [-0.3, -0.25) is 9.59 Å². The Bertz CT molecular complexity index is 913. The van der Waals surface area contributed by atoms with Crippen molar-refractivity contribution < 1.29 is 14.0 Å². The second-order valence-corrected chi connectivity index (χ2v) is 8.36. The van der Waals surface area contributed by atoms with Crippen molar-refractivity contribution in [3.05, 3.63) is 65.0 Å². The number of amides is 2. The van der Waals surface area contributed by atoms with E-state index in [1.165, 1.54) is 6.07 Å². The van der Waals surface area contributed by atoms with Gasteiger partial charge in [-0.1, -0.05) is 42.8 Å². The van der Waals surface area contributed by atoms with Crippen LogP contribution in [0.25, 0.3) is 0 Å². The molecule has 2 aliphatic rings. The van der Waals surface area contributed by atoms with Crippen molar-refractivity contribution >= 4 is 17.5 Å².